The molecule has 1 fully saturated rings. The first-order valence-electron chi connectivity index (χ1n) is 6.29. The summed E-state index contributed by atoms with van der Waals surface area (Å²) in [5, 5.41) is 4.09. The maximum Gasteiger partial charge on any atom is 0.314 e. The lowest BCUT2D eigenvalue weighted by Crippen LogP contribution is -2.42. The predicted molar refractivity (Wildman–Crippen MR) is 71.9 cm³/mol. The van der Waals surface area contributed by atoms with E-state index in [-0.39, 0.29) is 17.9 Å². The van der Waals surface area contributed by atoms with Gasteiger partial charge < -0.3 is 10.1 Å². The minimum absolute atomic E-state index is 0.160. The number of carbonyl (C=O) groups is 1. The molecule has 0 amide bonds. The molecule has 0 aromatic heterocycles. The molecule has 2 rings (SSSR count). The molecule has 0 spiro atoms. The summed E-state index contributed by atoms with van der Waals surface area (Å²) in [6, 6.07) is 7.60. The zero-order valence-electron chi connectivity index (χ0n) is 10.5. The summed E-state index contributed by atoms with van der Waals surface area (Å²) in [5.41, 5.74) is 0.964. The molecule has 0 bridgehead atoms. The highest BCUT2D eigenvalue weighted by Crippen LogP contribution is 2.27. The molecule has 3 nitrogen and oxygen atoms in total. The number of hydrogen-bond donors (Lipinski definition) is 1. The molecule has 0 aliphatic carbocycles. The van der Waals surface area contributed by atoms with Crippen molar-refractivity contribution in [2.45, 2.75) is 31.2 Å². The van der Waals surface area contributed by atoms with E-state index in [1.165, 1.54) is 13.5 Å². The average molecular weight is 268 g/mol. The van der Waals surface area contributed by atoms with Crippen LogP contribution in [0.15, 0.2) is 24.3 Å². The van der Waals surface area contributed by atoms with Crippen molar-refractivity contribution < 1.29 is 9.53 Å². The Labute approximate surface area is 112 Å². The highest BCUT2D eigenvalue weighted by atomic mass is 35.5. The van der Waals surface area contributed by atoms with Crippen molar-refractivity contribution in [1.29, 1.82) is 0 Å². The fraction of sp³-hybridized carbons (Fsp3) is 0.500. The van der Waals surface area contributed by atoms with E-state index in [2.05, 4.69) is 5.32 Å². The third-order valence-electron chi connectivity index (χ3n) is 3.44. The first kappa shape index (κ1) is 13.4. The Morgan fingerprint density at radius 1 is 1.39 bits per heavy atom. The molecule has 1 aliphatic heterocycles. The number of esters is 1. The summed E-state index contributed by atoms with van der Waals surface area (Å²) in [6.45, 7) is 0.964. The lowest BCUT2D eigenvalue weighted by Gasteiger charge is -2.30. The molecule has 2 atom stereocenters. The SMILES string of the molecule is COC(=O)[C@H](c1ccc(Cl)cc1)[C@@H]1CCCCN1. The van der Waals surface area contributed by atoms with E-state index in [0.717, 1.165) is 24.9 Å². The van der Waals surface area contributed by atoms with Gasteiger partial charge in [0, 0.05) is 11.1 Å². The summed E-state index contributed by atoms with van der Waals surface area (Å²) in [6.07, 6.45) is 3.33. The normalized spacial score (nSPS) is 21.3. The summed E-state index contributed by atoms with van der Waals surface area (Å²) < 4.78 is 4.94. The average Bonchev–Trinajstić information content (AvgIpc) is 2.42. The number of nitrogens with one attached hydrogen (secondary N) is 1. The van der Waals surface area contributed by atoms with Crippen molar-refractivity contribution in [2.24, 2.45) is 0 Å². The van der Waals surface area contributed by atoms with Crippen LogP contribution in [0.2, 0.25) is 5.02 Å². The van der Waals surface area contributed by atoms with Gasteiger partial charge in [-0.25, -0.2) is 0 Å². The molecular formula is C14H18ClNO2. The van der Waals surface area contributed by atoms with Gasteiger partial charge in [-0.15, -0.1) is 0 Å². The lowest BCUT2D eigenvalue weighted by molar-refractivity contribution is -0.143. The summed E-state index contributed by atoms with van der Waals surface area (Å²) in [5.74, 6) is -0.427. The largest absolute Gasteiger partial charge is 0.469 e. The predicted octanol–water partition coefficient (Wildman–Crippen LogP) is 2.74. The van der Waals surface area contributed by atoms with Gasteiger partial charge in [0.25, 0.3) is 0 Å². The topological polar surface area (TPSA) is 38.3 Å². The molecule has 1 heterocycles. The molecule has 1 aliphatic rings. The minimum atomic E-state index is -0.243. The van der Waals surface area contributed by atoms with Crippen LogP contribution in [0, 0.1) is 0 Å². The Morgan fingerprint density at radius 2 is 2.11 bits per heavy atom. The smallest absolute Gasteiger partial charge is 0.314 e. The molecule has 0 unspecified atom stereocenters. The van der Waals surface area contributed by atoms with Gasteiger partial charge >= 0.3 is 5.97 Å². The van der Waals surface area contributed by atoms with E-state index in [9.17, 15) is 4.79 Å². The number of piperidine rings is 1. The third kappa shape index (κ3) is 3.03. The van der Waals surface area contributed by atoms with Gasteiger partial charge in [-0.05, 0) is 37.1 Å². The molecule has 1 saturated heterocycles. The Bertz CT molecular complexity index is 399. The molecule has 4 heteroatoms. The fourth-order valence-electron chi connectivity index (χ4n) is 2.49. The van der Waals surface area contributed by atoms with Gasteiger partial charge in [0.1, 0.15) is 0 Å². The number of halogens is 1. The highest BCUT2D eigenvalue weighted by Gasteiger charge is 2.31. The second-order valence-corrected chi connectivity index (χ2v) is 5.05. The monoisotopic (exact) mass is 267 g/mol. The lowest BCUT2D eigenvalue weighted by atomic mass is 9.86. The van der Waals surface area contributed by atoms with Crippen molar-refractivity contribution in [3.8, 4) is 0 Å². The number of carbonyl (C=O) groups excluding carboxylic acids is 1. The number of benzene rings is 1. The maximum atomic E-state index is 12.0. The molecule has 0 radical (unpaired) electrons. The van der Waals surface area contributed by atoms with E-state index in [0.29, 0.717) is 5.02 Å². The van der Waals surface area contributed by atoms with Crippen LogP contribution in [-0.2, 0) is 9.53 Å². The van der Waals surface area contributed by atoms with Gasteiger partial charge in [-0.2, -0.15) is 0 Å². The van der Waals surface area contributed by atoms with Gasteiger partial charge in [0.15, 0.2) is 0 Å². The summed E-state index contributed by atoms with van der Waals surface area (Å²) in [7, 11) is 1.44. The molecule has 1 aromatic rings. The van der Waals surface area contributed by atoms with Gasteiger partial charge in [-0.1, -0.05) is 30.2 Å². The fourth-order valence-corrected chi connectivity index (χ4v) is 2.62. The Morgan fingerprint density at radius 3 is 2.67 bits per heavy atom. The van der Waals surface area contributed by atoms with Crippen LogP contribution in [-0.4, -0.2) is 25.7 Å². The number of methoxy groups -OCH3 is 1. The molecule has 0 saturated carbocycles. The number of rotatable bonds is 3. The maximum absolute atomic E-state index is 12.0. The van der Waals surface area contributed by atoms with Crippen LogP contribution in [0.4, 0.5) is 0 Å². The second-order valence-electron chi connectivity index (χ2n) is 4.61. The minimum Gasteiger partial charge on any atom is -0.469 e. The Balaban J connectivity index is 2.23. The quantitative estimate of drug-likeness (QED) is 0.856. The van der Waals surface area contributed by atoms with E-state index in [1.54, 1.807) is 0 Å². The van der Waals surface area contributed by atoms with Crippen molar-refractivity contribution >= 4 is 17.6 Å². The van der Waals surface area contributed by atoms with Crippen LogP contribution in [0.3, 0.4) is 0 Å². The standard InChI is InChI=1S/C14H18ClNO2/c1-18-14(17)13(12-4-2-3-9-16-12)10-5-7-11(15)8-6-10/h5-8,12-13,16H,2-4,9H2,1H3/t12-,13+/m0/s1. The molecule has 1 aromatic carbocycles. The van der Waals surface area contributed by atoms with E-state index < -0.39 is 0 Å². The van der Waals surface area contributed by atoms with Crippen LogP contribution in [0.1, 0.15) is 30.7 Å². The number of hydrogen-bond acceptors (Lipinski definition) is 3. The van der Waals surface area contributed by atoms with Gasteiger partial charge in [-0.3, -0.25) is 4.79 Å². The second kappa shape index (κ2) is 6.21. The van der Waals surface area contributed by atoms with E-state index >= 15 is 0 Å². The van der Waals surface area contributed by atoms with Gasteiger partial charge in [0.05, 0.1) is 13.0 Å². The van der Waals surface area contributed by atoms with Crippen molar-refractivity contribution in [2.75, 3.05) is 13.7 Å². The van der Waals surface area contributed by atoms with Crippen molar-refractivity contribution in [3.05, 3.63) is 34.9 Å². The first-order valence-corrected chi connectivity index (χ1v) is 6.67. The molecule has 18 heavy (non-hydrogen) atoms. The molecule has 1 N–H and O–H groups in total. The van der Waals surface area contributed by atoms with Crippen molar-refractivity contribution in [1.82, 2.24) is 5.32 Å². The van der Waals surface area contributed by atoms with E-state index in [1.807, 2.05) is 24.3 Å². The van der Waals surface area contributed by atoms with Crippen LogP contribution < -0.4 is 5.32 Å². The van der Waals surface area contributed by atoms with E-state index in [4.69, 9.17) is 16.3 Å². The first-order chi connectivity index (χ1) is 8.72. The molecule has 98 valence electrons. The summed E-state index contributed by atoms with van der Waals surface area (Å²) in [4.78, 5) is 12.0. The summed E-state index contributed by atoms with van der Waals surface area (Å²) >= 11 is 5.88. The number of ether oxygens (including phenoxy) is 1. The van der Waals surface area contributed by atoms with Gasteiger partial charge in [0.2, 0.25) is 0 Å². The third-order valence-corrected chi connectivity index (χ3v) is 3.69. The van der Waals surface area contributed by atoms with Crippen molar-refractivity contribution in [3.63, 3.8) is 0 Å². The van der Waals surface area contributed by atoms with Crippen LogP contribution >= 0.6 is 11.6 Å². The molecular weight excluding hydrogens is 250 g/mol. The highest BCUT2D eigenvalue weighted by molar-refractivity contribution is 6.30. The zero-order chi connectivity index (χ0) is 13.0. The van der Waals surface area contributed by atoms with Crippen LogP contribution in [0.25, 0.3) is 0 Å². The van der Waals surface area contributed by atoms with Crippen LogP contribution in [0.5, 0.6) is 0 Å². The Hall–Kier alpha value is -1.06. The Kier molecular flexibility index (Phi) is 4.61. The zero-order valence-corrected chi connectivity index (χ0v) is 11.2.